The topological polar surface area (TPSA) is 46.5 Å². The lowest BCUT2D eigenvalue weighted by molar-refractivity contribution is -0.144. The van der Waals surface area contributed by atoms with Gasteiger partial charge in [0.1, 0.15) is 6.61 Å². The molecule has 0 amide bonds. The number of rotatable bonds is 4. The van der Waals surface area contributed by atoms with Gasteiger partial charge in [-0.2, -0.15) is 0 Å². The summed E-state index contributed by atoms with van der Waals surface area (Å²) in [6.45, 7) is 12.4. The van der Waals surface area contributed by atoms with Crippen LogP contribution in [0.25, 0.3) is 0 Å². The molecule has 0 unspecified atom stereocenters. The van der Waals surface area contributed by atoms with Gasteiger partial charge < -0.3 is 9.84 Å². The highest BCUT2D eigenvalue weighted by atomic mass is 16.5. The first-order chi connectivity index (χ1) is 7.14. The molecule has 90 valence electrons. The number of allylic oxidation sites excluding steroid dienone is 2. The Bertz CT molecular complexity index is 136. The molecule has 0 radical (unpaired) electrons. The Balaban J connectivity index is -0.000000200. The molecule has 0 saturated carbocycles. The van der Waals surface area contributed by atoms with E-state index in [0.717, 1.165) is 6.42 Å². The zero-order chi connectivity index (χ0) is 12.5. The zero-order valence-electron chi connectivity index (χ0n) is 10.2. The Morgan fingerprint density at radius 3 is 2.00 bits per heavy atom. The quantitative estimate of drug-likeness (QED) is 0.580. The van der Waals surface area contributed by atoms with E-state index in [1.165, 1.54) is 0 Å². The number of hydrogen-bond acceptors (Lipinski definition) is 3. The molecule has 0 aliphatic heterocycles. The van der Waals surface area contributed by atoms with Crippen molar-refractivity contribution in [3.63, 3.8) is 0 Å². The fraction of sp³-hybridized carbons (Fsp3) is 0.583. The van der Waals surface area contributed by atoms with E-state index in [1.807, 2.05) is 20.8 Å². The summed E-state index contributed by atoms with van der Waals surface area (Å²) in [5.41, 5.74) is 0. The molecule has 0 saturated heterocycles. The number of aliphatic hydroxyl groups is 1. The van der Waals surface area contributed by atoms with Crippen LogP contribution < -0.4 is 0 Å². The Morgan fingerprint density at radius 2 is 1.73 bits per heavy atom. The van der Waals surface area contributed by atoms with Gasteiger partial charge in [0.2, 0.25) is 0 Å². The van der Waals surface area contributed by atoms with Crippen molar-refractivity contribution in [2.24, 2.45) is 0 Å². The molecule has 0 aromatic rings. The van der Waals surface area contributed by atoms with Crippen LogP contribution in [0.5, 0.6) is 0 Å². The second-order valence-corrected chi connectivity index (χ2v) is 2.51. The molecular formula is C12H24O3. The van der Waals surface area contributed by atoms with Crippen molar-refractivity contribution < 1.29 is 14.6 Å². The molecule has 0 aromatic heterocycles. The van der Waals surface area contributed by atoms with E-state index in [1.54, 1.807) is 12.2 Å². The highest BCUT2D eigenvalue weighted by Gasteiger charge is 1.97. The molecule has 0 rings (SSSR count). The van der Waals surface area contributed by atoms with Gasteiger partial charge in [-0.25, -0.2) is 0 Å². The van der Waals surface area contributed by atoms with Gasteiger partial charge in [-0.15, -0.1) is 13.2 Å². The molecule has 0 aromatic carbocycles. The van der Waals surface area contributed by atoms with Crippen LogP contribution in [0.15, 0.2) is 25.3 Å². The molecule has 1 N–H and O–H groups in total. The normalized spacial score (nSPS) is 7.20. The van der Waals surface area contributed by atoms with Crippen LogP contribution in [-0.4, -0.2) is 24.3 Å². The van der Waals surface area contributed by atoms with Gasteiger partial charge in [0, 0.05) is 6.42 Å². The van der Waals surface area contributed by atoms with Crippen molar-refractivity contribution in [3.05, 3.63) is 25.3 Å². The van der Waals surface area contributed by atoms with E-state index in [2.05, 4.69) is 17.9 Å². The van der Waals surface area contributed by atoms with Crippen LogP contribution in [0.4, 0.5) is 0 Å². The van der Waals surface area contributed by atoms with Crippen LogP contribution in [0, 0.1) is 0 Å². The molecule has 0 heterocycles. The van der Waals surface area contributed by atoms with E-state index >= 15 is 0 Å². The van der Waals surface area contributed by atoms with E-state index in [0.29, 0.717) is 6.42 Å². The number of esters is 1. The molecule has 0 atom stereocenters. The van der Waals surface area contributed by atoms with Crippen LogP contribution in [0.1, 0.15) is 33.6 Å². The summed E-state index contributed by atoms with van der Waals surface area (Å²) in [6, 6.07) is 0. The number of aliphatic hydroxyl groups excluding tert-OH is 1. The molecule has 0 spiro atoms. The molecular weight excluding hydrogens is 192 g/mol. The average Bonchev–Trinajstić information content (AvgIpc) is 2.18. The molecule has 3 heteroatoms. The summed E-state index contributed by atoms with van der Waals surface area (Å²) in [5, 5.41) is 8.21. The molecule has 3 nitrogen and oxygen atoms in total. The predicted molar refractivity (Wildman–Crippen MR) is 64.7 cm³/mol. The van der Waals surface area contributed by atoms with E-state index in [-0.39, 0.29) is 19.2 Å². The smallest absolute Gasteiger partial charge is 0.305 e. The third-order valence-corrected chi connectivity index (χ3v) is 0.808. The van der Waals surface area contributed by atoms with E-state index < -0.39 is 0 Å². The summed E-state index contributed by atoms with van der Waals surface area (Å²) in [7, 11) is 0. The standard InChI is InChI=1S/C6H12O3.2C3H6/c1-2-3-6(8)9-5-4-7;2*1-3-2/h7H,2-5H2,1H3;2*3H,1H2,2H3. The first-order valence-corrected chi connectivity index (χ1v) is 5.05. The Kier molecular flexibility index (Phi) is 30.0. The first kappa shape index (κ1) is 19.5. The van der Waals surface area contributed by atoms with Gasteiger partial charge in [0.15, 0.2) is 0 Å². The van der Waals surface area contributed by atoms with Crippen molar-refractivity contribution >= 4 is 5.97 Å². The fourth-order valence-corrected chi connectivity index (χ4v) is 0.436. The molecule has 0 bridgehead atoms. The van der Waals surface area contributed by atoms with Crippen LogP contribution in [0.3, 0.4) is 0 Å². The minimum absolute atomic E-state index is 0.0878. The molecule has 0 aliphatic rings. The SMILES string of the molecule is C=CC.C=CC.CCCC(=O)OCCO. The lowest BCUT2D eigenvalue weighted by Crippen LogP contribution is -2.07. The largest absolute Gasteiger partial charge is 0.463 e. The summed E-state index contributed by atoms with van der Waals surface area (Å²) >= 11 is 0. The average molecular weight is 216 g/mol. The first-order valence-electron chi connectivity index (χ1n) is 5.05. The lowest BCUT2D eigenvalue weighted by atomic mass is 10.3. The van der Waals surface area contributed by atoms with Crippen molar-refractivity contribution in [2.45, 2.75) is 33.6 Å². The maximum Gasteiger partial charge on any atom is 0.305 e. The molecule has 0 aliphatic carbocycles. The van der Waals surface area contributed by atoms with E-state index in [4.69, 9.17) is 5.11 Å². The third kappa shape index (κ3) is 44.0. The Morgan fingerprint density at radius 1 is 1.33 bits per heavy atom. The number of carbonyl (C=O) groups excluding carboxylic acids is 1. The monoisotopic (exact) mass is 216 g/mol. The Labute approximate surface area is 93.5 Å². The lowest BCUT2D eigenvalue weighted by Gasteiger charge is -1.98. The van der Waals surface area contributed by atoms with Gasteiger partial charge in [0.25, 0.3) is 0 Å². The summed E-state index contributed by atoms with van der Waals surface area (Å²) in [6.07, 6.45) is 4.74. The van der Waals surface area contributed by atoms with Crippen molar-refractivity contribution in [2.75, 3.05) is 13.2 Å². The fourth-order valence-electron chi connectivity index (χ4n) is 0.436. The molecule has 15 heavy (non-hydrogen) atoms. The van der Waals surface area contributed by atoms with Crippen LogP contribution >= 0.6 is 0 Å². The van der Waals surface area contributed by atoms with Gasteiger partial charge in [0.05, 0.1) is 6.61 Å². The van der Waals surface area contributed by atoms with E-state index in [9.17, 15) is 4.79 Å². The number of carbonyl (C=O) groups is 1. The van der Waals surface area contributed by atoms with Gasteiger partial charge in [-0.1, -0.05) is 19.1 Å². The maximum atomic E-state index is 10.5. The maximum absolute atomic E-state index is 10.5. The summed E-state index contributed by atoms with van der Waals surface area (Å²) < 4.78 is 4.54. The van der Waals surface area contributed by atoms with Crippen molar-refractivity contribution in [3.8, 4) is 0 Å². The second kappa shape index (κ2) is 23.1. The highest BCUT2D eigenvalue weighted by Crippen LogP contribution is 1.89. The van der Waals surface area contributed by atoms with Gasteiger partial charge in [-0.05, 0) is 20.3 Å². The second-order valence-electron chi connectivity index (χ2n) is 2.51. The highest BCUT2D eigenvalue weighted by molar-refractivity contribution is 5.69. The predicted octanol–water partition coefficient (Wildman–Crippen LogP) is 2.71. The Hall–Kier alpha value is -1.09. The number of hydrogen-bond donors (Lipinski definition) is 1. The third-order valence-electron chi connectivity index (χ3n) is 0.808. The minimum atomic E-state index is -0.230. The summed E-state index contributed by atoms with van der Waals surface area (Å²) in [4.78, 5) is 10.5. The van der Waals surface area contributed by atoms with Crippen molar-refractivity contribution in [1.82, 2.24) is 0 Å². The summed E-state index contributed by atoms with van der Waals surface area (Å²) in [5.74, 6) is -0.230. The van der Waals surface area contributed by atoms with Crippen molar-refractivity contribution in [1.29, 1.82) is 0 Å². The number of ether oxygens (including phenoxy) is 1. The van der Waals surface area contributed by atoms with Gasteiger partial charge >= 0.3 is 5.97 Å². The van der Waals surface area contributed by atoms with Gasteiger partial charge in [-0.3, -0.25) is 4.79 Å². The minimum Gasteiger partial charge on any atom is -0.463 e. The molecule has 0 fully saturated rings. The van der Waals surface area contributed by atoms with Crippen LogP contribution in [0.2, 0.25) is 0 Å². The van der Waals surface area contributed by atoms with Crippen LogP contribution in [-0.2, 0) is 9.53 Å². The zero-order valence-corrected chi connectivity index (χ0v) is 10.2.